The molecule has 2 rings (SSSR count). The maximum atomic E-state index is 12.6. The Kier molecular flexibility index (Phi) is 4.78. The quantitative estimate of drug-likeness (QED) is 0.643. The Morgan fingerprint density at radius 2 is 1.84 bits per heavy atom. The van der Waals surface area contributed by atoms with Crippen molar-refractivity contribution in [1.82, 2.24) is 9.78 Å². The van der Waals surface area contributed by atoms with Gasteiger partial charge in [0.2, 0.25) is 0 Å². The molecule has 0 aliphatic carbocycles. The van der Waals surface area contributed by atoms with E-state index in [0.29, 0.717) is 15.6 Å². The van der Waals surface area contributed by atoms with Crippen LogP contribution in [0.5, 0.6) is 0 Å². The smallest absolute Gasteiger partial charge is 0.283 e. The fraction of sp³-hybridized carbons (Fsp3) is 0.529. The average Bonchev–Trinajstić information content (AvgIpc) is 3.01. The lowest BCUT2D eigenvalue weighted by Gasteiger charge is -2.22. The zero-order valence-electron chi connectivity index (χ0n) is 15.6. The molecular weight excluding hydrogens is 340 g/mol. The van der Waals surface area contributed by atoms with Crippen LogP contribution in [0.25, 0.3) is 0 Å². The first-order valence-corrected chi connectivity index (χ1v) is 8.79. The van der Waals surface area contributed by atoms with E-state index in [-0.39, 0.29) is 22.5 Å². The summed E-state index contributed by atoms with van der Waals surface area (Å²) in [4.78, 5) is 23.9. The largest absolute Gasteiger partial charge is 0.306 e. The van der Waals surface area contributed by atoms with Crippen LogP contribution in [0.1, 0.15) is 61.8 Å². The van der Waals surface area contributed by atoms with Crippen molar-refractivity contribution in [1.29, 1.82) is 0 Å². The maximum absolute atomic E-state index is 12.6. The van der Waals surface area contributed by atoms with Gasteiger partial charge in [0.05, 0.1) is 25.9 Å². The standard InChI is InChI=1S/C17H24N4O3S/c1-10-11(21(23)24)8-12(25-10)15(22)18-14-9-13(16(2,3)4)19-20(14)17(5,6)7/h8-9H,1-7H3,(H,18,22). The van der Waals surface area contributed by atoms with E-state index in [0.717, 1.165) is 17.0 Å². The summed E-state index contributed by atoms with van der Waals surface area (Å²) < 4.78 is 1.78. The molecule has 0 aliphatic heterocycles. The van der Waals surface area contributed by atoms with Crippen LogP contribution in [0, 0.1) is 17.0 Å². The molecule has 0 fully saturated rings. The van der Waals surface area contributed by atoms with Gasteiger partial charge in [0, 0.05) is 17.5 Å². The number of anilines is 1. The SMILES string of the molecule is Cc1sc(C(=O)Nc2cc(C(C)(C)C)nn2C(C)(C)C)cc1[N+](=O)[O-]. The van der Waals surface area contributed by atoms with E-state index in [1.54, 1.807) is 11.6 Å². The second-order valence-electron chi connectivity index (χ2n) is 8.01. The average molecular weight is 364 g/mol. The fourth-order valence-corrected chi connectivity index (χ4v) is 3.17. The van der Waals surface area contributed by atoms with E-state index in [4.69, 9.17) is 0 Å². The van der Waals surface area contributed by atoms with E-state index < -0.39 is 4.92 Å². The van der Waals surface area contributed by atoms with Crippen molar-refractivity contribution in [2.24, 2.45) is 0 Å². The van der Waals surface area contributed by atoms with Crippen molar-refractivity contribution in [2.45, 2.75) is 59.4 Å². The Hall–Kier alpha value is -2.22. The van der Waals surface area contributed by atoms with Crippen molar-refractivity contribution < 1.29 is 9.72 Å². The Balaban J connectivity index is 2.39. The van der Waals surface area contributed by atoms with Gasteiger partial charge >= 0.3 is 0 Å². The zero-order valence-corrected chi connectivity index (χ0v) is 16.4. The Morgan fingerprint density at radius 3 is 2.28 bits per heavy atom. The van der Waals surface area contributed by atoms with Gasteiger partial charge in [-0.15, -0.1) is 11.3 Å². The van der Waals surface area contributed by atoms with Gasteiger partial charge in [-0.2, -0.15) is 5.10 Å². The Labute approximate surface area is 151 Å². The topological polar surface area (TPSA) is 90.1 Å². The number of hydrogen-bond acceptors (Lipinski definition) is 5. The Bertz CT molecular complexity index is 822. The molecule has 2 aromatic rings. The van der Waals surface area contributed by atoms with Crippen LogP contribution >= 0.6 is 11.3 Å². The first kappa shape index (κ1) is 19.1. The van der Waals surface area contributed by atoms with Gasteiger partial charge < -0.3 is 5.32 Å². The monoisotopic (exact) mass is 364 g/mol. The third-order valence-electron chi connectivity index (χ3n) is 3.67. The molecule has 7 nitrogen and oxygen atoms in total. The van der Waals surface area contributed by atoms with Crippen LogP contribution in [0.2, 0.25) is 0 Å². The van der Waals surface area contributed by atoms with Crippen LogP contribution in [0.3, 0.4) is 0 Å². The number of nitrogens with zero attached hydrogens (tertiary/aromatic N) is 3. The third kappa shape index (κ3) is 4.07. The molecule has 2 aromatic heterocycles. The van der Waals surface area contributed by atoms with Crippen molar-refractivity contribution in [2.75, 3.05) is 5.32 Å². The molecule has 0 bridgehead atoms. The summed E-state index contributed by atoms with van der Waals surface area (Å²) in [5.74, 6) is 0.211. The lowest BCUT2D eigenvalue weighted by atomic mass is 9.92. The first-order chi connectivity index (χ1) is 11.3. The van der Waals surface area contributed by atoms with Crippen LogP contribution < -0.4 is 5.32 Å². The first-order valence-electron chi connectivity index (χ1n) is 7.98. The van der Waals surface area contributed by atoms with E-state index in [1.807, 2.05) is 26.8 Å². The number of thiophene rings is 1. The molecule has 1 N–H and O–H groups in total. The minimum atomic E-state index is -0.472. The summed E-state index contributed by atoms with van der Waals surface area (Å²) in [5.41, 5.74) is 0.360. The number of nitro groups is 1. The van der Waals surface area contributed by atoms with Gasteiger partial charge in [0.1, 0.15) is 5.82 Å². The fourth-order valence-electron chi connectivity index (χ4n) is 2.29. The third-order valence-corrected chi connectivity index (χ3v) is 4.71. The summed E-state index contributed by atoms with van der Waals surface area (Å²) in [6.07, 6.45) is 0. The molecule has 25 heavy (non-hydrogen) atoms. The number of aromatic nitrogens is 2. The highest BCUT2D eigenvalue weighted by molar-refractivity contribution is 7.14. The van der Waals surface area contributed by atoms with Crippen LogP contribution in [-0.2, 0) is 11.0 Å². The van der Waals surface area contributed by atoms with E-state index in [9.17, 15) is 14.9 Å². The van der Waals surface area contributed by atoms with Gasteiger partial charge in [-0.05, 0) is 27.7 Å². The number of amides is 1. The molecule has 0 spiro atoms. The highest BCUT2D eigenvalue weighted by atomic mass is 32.1. The van der Waals surface area contributed by atoms with Crippen LogP contribution in [0.15, 0.2) is 12.1 Å². The van der Waals surface area contributed by atoms with Gasteiger partial charge in [-0.3, -0.25) is 14.9 Å². The number of rotatable bonds is 3. The lowest BCUT2D eigenvalue weighted by Crippen LogP contribution is -2.27. The molecule has 0 aromatic carbocycles. The van der Waals surface area contributed by atoms with Crippen molar-refractivity contribution >= 4 is 28.7 Å². The summed E-state index contributed by atoms with van der Waals surface area (Å²) in [6, 6.07) is 3.18. The van der Waals surface area contributed by atoms with Crippen LogP contribution in [-0.4, -0.2) is 20.6 Å². The molecule has 136 valence electrons. The minimum absolute atomic E-state index is 0.0325. The zero-order chi connectivity index (χ0) is 19.2. The summed E-state index contributed by atoms with van der Waals surface area (Å²) in [6.45, 7) is 13.8. The number of carbonyl (C=O) groups is 1. The van der Waals surface area contributed by atoms with E-state index in [1.165, 1.54) is 6.07 Å². The minimum Gasteiger partial charge on any atom is -0.306 e. The normalized spacial score (nSPS) is 12.3. The molecule has 2 heterocycles. The van der Waals surface area contributed by atoms with Crippen molar-refractivity contribution in [3.63, 3.8) is 0 Å². The Morgan fingerprint density at radius 1 is 1.24 bits per heavy atom. The number of carbonyl (C=O) groups excluding carboxylic acids is 1. The molecule has 0 aliphatic rings. The molecule has 1 amide bonds. The number of aryl methyl sites for hydroxylation is 1. The van der Waals surface area contributed by atoms with Gasteiger partial charge in [0.25, 0.3) is 11.6 Å². The molecule has 0 atom stereocenters. The highest BCUT2D eigenvalue weighted by Crippen LogP contribution is 2.31. The van der Waals surface area contributed by atoms with Crippen LogP contribution in [0.4, 0.5) is 11.5 Å². The molecule has 8 heteroatoms. The van der Waals surface area contributed by atoms with Gasteiger partial charge in [-0.1, -0.05) is 20.8 Å². The highest BCUT2D eigenvalue weighted by Gasteiger charge is 2.27. The van der Waals surface area contributed by atoms with Crippen molar-refractivity contribution in [3.8, 4) is 0 Å². The van der Waals surface area contributed by atoms with Gasteiger partial charge in [0.15, 0.2) is 0 Å². The van der Waals surface area contributed by atoms with Gasteiger partial charge in [-0.25, -0.2) is 4.68 Å². The second kappa shape index (κ2) is 6.25. The lowest BCUT2D eigenvalue weighted by molar-refractivity contribution is -0.385. The maximum Gasteiger partial charge on any atom is 0.283 e. The number of nitrogens with one attached hydrogen (secondary N) is 1. The summed E-state index contributed by atoms with van der Waals surface area (Å²) in [7, 11) is 0. The summed E-state index contributed by atoms with van der Waals surface area (Å²) in [5, 5.41) is 18.5. The predicted octanol–water partition coefficient (Wildman–Crippen LogP) is 4.47. The predicted molar refractivity (Wildman–Crippen MR) is 99.6 cm³/mol. The molecule has 0 saturated heterocycles. The van der Waals surface area contributed by atoms with E-state index >= 15 is 0 Å². The molecule has 0 radical (unpaired) electrons. The molecular formula is C17H24N4O3S. The molecule has 0 saturated carbocycles. The van der Waals surface area contributed by atoms with E-state index in [2.05, 4.69) is 31.2 Å². The number of hydrogen-bond donors (Lipinski definition) is 1. The molecule has 0 unspecified atom stereocenters. The second-order valence-corrected chi connectivity index (χ2v) is 9.27. The summed E-state index contributed by atoms with van der Waals surface area (Å²) >= 11 is 1.11. The van der Waals surface area contributed by atoms with Crippen molar-refractivity contribution in [3.05, 3.63) is 37.7 Å².